The molecule has 1 aromatic heterocycles. The van der Waals surface area contributed by atoms with E-state index in [9.17, 15) is 0 Å². The number of benzene rings is 1. The highest BCUT2D eigenvalue weighted by Gasteiger charge is 2.15. The Labute approximate surface area is 125 Å². The van der Waals surface area contributed by atoms with E-state index in [1.54, 1.807) is 14.2 Å². The van der Waals surface area contributed by atoms with Crippen molar-refractivity contribution in [3.05, 3.63) is 28.3 Å². The van der Waals surface area contributed by atoms with E-state index in [-0.39, 0.29) is 6.61 Å². The molecule has 2 aromatic rings. The third kappa shape index (κ3) is 2.87. The van der Waals surface area contributed by atoms with Crippen LogP contribution < -0.4 is 14.2 Å². The molecule has 1 aromatic carbocycles. The Balaban J connectivity index is 2.26. The smallest absolute Gasteiger partial charge is 0.204 e. The molecule has 0 saturated heterocycles. The average Bonchev–Trinajstić information content (AvgIpc) is 2.76. The highest BCUT2D eigenvalue weighted by molar-refractivity contribution is 9.10. The van der Waals surface area contributed by atoms with Crippen LogP contribution in [0.2, 0.25) is 0 Å². The van der Waals surface area contributed by atoms with Crippen molar-refractivity contribution in [2.24, 2.45) is 7.05 Å². The predicted molar refractivity (Wildman–Crippen MR) is 77.3 cm³/mol. The van der Waals surface area contributed by atoms with E-state index < -0.39 is 0 Å². The Hall–Kier alpha value is -1.76. The minimum Gasteiger partial charge on any atom is -0.493 e. The van der Waals surface area contributed by atoms with Crippen molar-refractivity contribution in [3.8, 4) is 17.2 Å². The standard InChI is InChI=1S/C13H16BrN3O3/c1-8-15-16-12(17(8)2)7-20-13-10(18-3)5-9(14)6-11(13)19-4/h5-6H,7H2,1-4H3. The molecule has 0 saturated carbocycles. The van der Waals surface area contributed by atoms with E-state index in [1.807, 2.05) is 30.7 Å². The molecule has 0 unspecified atom stereocenters. The fourth-order valence-corrected chi connectivity index (χ4v) is 2.12. The third-order valence-corrected chi connectivity index (χ3v) is 3.41. The van der Waals surface area contributed by atoms with Gasteiger partial charge in [-0.2, -0.15) is 0 Å². The second-order valence-electron chi connectivity index (χ2n) is 4.15. The van der Waals surface area contributed by atoms with E-state index in [1.165, 1.54) is 0 Å². The van der Waals surface area contributed by atoms with Crippen molar-refractivity contribution in [3.63, 3.8) is 0 Å². The van der Waals surface area contributed by atoms with Gasteiger partial charge in [0.25, 0.3) is 0 Å². The van der Waals surface area contributed by atoms with Crippen molar-refractivity contribution in [1.29, 1.82) is 0 Å². The first-order valence-electron chi connectivity index (χ1n) is 5.96. The van der Waals surface area contributed by atoms with Gasteiger partial charge in [0.15, 0.2) is 17.3 Å². The van der Waals surface area contributed by atoms with Crippen molar-refractivity contribution in [2.45, 2.75) is 13.5 Å². The van der Waals surface area contributed by atoms with Crippen LogP contribution in [0.5, 0.6) is 17.2 Å². The van der Waals surface area contributed by atoms with Crippen molar-refractivity contribution in [1.82, 2.24) is 14.8 Å². The molecule has 0 bridgehead atoms. The summed E-state index contributed by atoms with van der Waals surface area (Å²) in [4.78, 5) is 0. The van der Waals surface area contributed by atoms with Crippen LogP contribution in [-0.2, 0) is 13.7 Å². The summed E-state index contributed by atoms with van der Waals surface area (Å²) in [5.74, 6) is 3.29. The van der Waals surface area contributed by atoms with Crippen molar-refractivity contribution < 1.29 is 14.2 Å². The number of hydrogen-bond acceptors (Lipinski definition) is 5. The predicted octanol–water partition coefficient (Wildman–Crippen LogP) is 2.48. The summed E-state index contributed by atoms with van der Waals surface area (Å²) in [6, 6.07) is 3.64. The van der Waals surface area contributed by atoms with E-state index in [0.717, 1.165) is 16.1 Å². The molecule has 0 aliphatic heterocycles. The van der Waals surface area contributed by atoms with Crippen LogP contribution in [0.3, 0.4) is 0 Å². The molecule has 0 fully saturated rings. The fourth-order valence-electron chi connectivity index (χ4n) is 1.70. The molecule has 0 N–H and O–H groups in total. The summed E-state index contributed by atoms with van der Waals surface area (Å²) in [6.07, 6.45) is 0. The van der Waals surface area contributed by atoms with Crippen LogP contribution in [0, 0.1) is 6.92 Å². The summed E-state index contributed by atoms with van der Waals surface area (Å²) in [7, 11) is 5.06. The maximum absolute atomic E-state index is 5.79. The van der Waals surface area contributed by atoms with Gasteiger partial charge in [0.2, 0.25) is 5.75 Å². The number of aryl methyl sites for hydroxylation is 1. The molecule has 1 heterocycles. The lowest BCUT2D eigenvalue weighted by atomic mass is 10.3. The Morgan fingerprint density at radius 3 is 2.20 bits per heavy atom. The molecule has 0 radical (unpaired) electrons. The average molecular weight is 342 g/mol. The maximum atomic E-state index is 5.79. The van der Waals surface area contributed by atoms with E-state index in [2.05, 4.69) is 26.1 Å². The van der Waals surface area contributed by atoms with Gasteiger partial charge in [-0.25, -0.2) is 0 Å². The number of aromatic nitrogens is 3. The van der Waals surface area contributed by atoms with Gasteiger partial charge in [0.05, 0.1) is 14.2 Å². The topological polar surface area (TPSA) is 58.4 Å². The van der Waals surface area contributed by atoms with Gasteiger partial charge in [-0.15, -0.1) is 10.2 Å². The first-order chi connectivity index (χ1) is 9.56. The van der Waals surface area contributed by atoms with Gasteiger partial charge in [-0.05, 0) is 19.1 Å². The second kappa shape index (κ2) is 6.13. The van der Waals surface area contributed by atoms with Gasteiger partial charge >= 0.3 is 0 Å². The van der Waals surface area contributed by atoms with E-state index in [0.29, 0.717) is 17.2 Å². The molecule has 6 nitrogen and oxygen atoms in total. The Bertz CT molecular complexity index is 588. The molecule has 0 aliphatic carbocycles. The molecule has 0 aliphatic rings. The maximum Gasteiger partial charge on any atom is 0.204 e. The van der Waals surface area contributed by atoms with Gasteiger partial charge < -0.3 is 18.8 Å². The number of ether oxygens (including phenoxy) is 3. The highest BCUT2D eigenvalue weighted by atomic mass is 79.9. The largest absolute Gasteiger partial charge is 0.493 e. The first kappa shape index (κ1) is 14.6. The molecule has 20 heavy (non-hydrogen) atoms. The Morgan fingerprint density at radius 1 is 1.15 bits per heavy atom. The zero-order chi connectivity index (χ0) is 14.7. The molecule has 0 amide bonds. The fraction of sp³-hybridized carbons (Fsp3) is 0.385. The molecule has 2 rings (SSSR count). The summed E-state index contributed by atoms with van der Waals surface area (Å²) < 4.78 is 19.1. The molecule has 108 valence electrons. The van der Waals surface area contributed by atoms with Crippen molar-refractivity contribution >= 4 is 15.9 Å². The zero-order valence-corrected chi connectivity index (χ0v) is 13.4. The Morgan fingerprint density at radius 2 is 1.75 bits per heavy atom. The van der Waals surface area contributed by atoms with E-state index in [4.69, 9.17) is 14.2 Å². The van der Waals surface area contributed by atoms with Crippen molar-refractivity contribution in [2.75, 3.05) is 14.2 Å². The summed E-state index contributed by atoms with van der Waals surface area (Å²) in [5.41, 5.74) is 0. The lowest BCUT2D eigenvalue weighted by Crippen LogP contribution is -2.06. The molecular weight excluding hydrogens is 326 g/mol. The highest BCUT2D eigenvalue weighted by Crippen LogP contribution is 2.40. The second-order valence-corrected chi connectivity index (χ2v) is 5.07. The number of nitrogens with zero attached hydrogens (tertiary/aromatic N) is 3. The van der Waals surface area contributed by atoms with Gasteiger partial charge in [0.1, 0.15) is 12.4 Å². The van der Waals surface area contributed by atoms with E-state index >= 15 is 0 Å². The number of methoxy groups -OCH3 is 2. The molecule has 0 spiro atoms. The minimum atomic E-state index is 0.283. The third-order valence-electron chi connectivity index (χ3n) is 2.95. The minimum absolute atomic E-state index is 0.283. The lowest BCUT2D eigenvalue weighted by molar-refractivity contribution is 0.256. The quantitative estimate of drug-likeness (QED) is 0.836. The zero-order valence-electron chi connectivity index (χ0n) is 11.8. The molecular formula is C13H16BrN3O3. The number of rotatable bonds is 5. The molecule has 0 atom stereocenters. The summed E-state index contributed by atoms with van der Waals surface area (Å²) >= 11 is 3.40. The van der Waals surface area contributed by atoms with Gasteiger partial charge in [0, 0.05) is 11.5 Å². The van der Waals surface area contributed by atoms with Crippen LogP contribution in [-0.4, -0.2) is 29.0 Å². The van der Waals surface area contributed by atoms with Crippen LogP contribution in [0.4, 0.5) is 0 Å². The molecule has 7 heteroatoms. The normalized spacial score (nSPS) is 10.4. The Kier molecular flexibility index (Phi) is 4.49. The first-order valence-corrected chi connectivity index (χ1v) is 6.75. The van der Waals surface area contributed by atoms with Gasteiger partial charge in [-0.3, -0.25) is 0 Å². The monoisotopic (exact) mass is 341 g/mol. The van der Waals surface area contributed by atoms with Crippen LogP contribution >= 0.6 is 15.9 Å². The lowest BCUT2D eigenvalue weighted by Gasteiger charge is -2.14. The van der Waals surface area contributed by atoms with Crippen LogP contribution in [0.15, 0.2) is 16.6 Å². The van der Waals surface area contributed by atoms with Crippen LogP contribution in [0.1, 0.15) is 11.6 Å². The van der Waals surface area contributed by atoms with Crippen LogP contribution in [0.25, 0.3) is 0 Å². The summed E-state index contributed by atoms with van der Waals surface area (Å²) in [6.45, 7) is 2.17. The number of halogens is 1. The SMILES string of the molecule is COc1cc(Br)cc(OC)c1OCc1nnc(C)n1C. The van der Waals surface area contributed by atoms with Gasteiger partial charge in [-0.1, -0.05) is 15.9 Å². The number of hydrogen-bond donors (Lipinski definition) is 0. The summed E-state index contributed by atoms with van der Waals surface area (Å²) in [5, 5.41) is 8.05.